The Bertz CT molecular complexity index is 353. The average molecular weight is 291 g/mol. The molecular formula is C11H21N3O6. The first-order valence-corrected chi connectivity index (χ1v) is 6.39. The van der Waals surface area contributed by atoms with Crippen LogP contribution in [0.3, 0.4) is 0 Å². The number of β-amino-alcohol motifs (C(OH)–C–C–N with tert-alkyl or cyclic N) is 1. The number of aliphatic hydroxyl groups is 2. The molecule has 0 spiro atoms. The molecule has 4 atom stereocenters. The zero-order valence-electron chi connectivity index (χ0n) is 11.0. The summed E-state index contributed by atoms with van der Waals surface area (Å²) in [5.41, 5.74) is 7.84. The van der Waals surface area contributed by atoms with E-state index >= 15 is 0 Å². The summed E-state index contributed by atoms with van der Waals surface area (Å²) in [5.74, 6) is -2.28. The summed E-state index contributed by atoms with van der Waals surface area (Å²) in [6.45, 7) is 0.0761. The van der Waals surface area contributed by atoms with Gasteiger partial charge in [0.1, 0.15) is 12.1 Å². The van der Waals surface area contributed by atoms with Crippen LogP contribution in [0.1, 0.15) is 19.3 Å². The molecule has 1 aliphatic heterocycles. The van der Waals surface area contributed by atoms with Gasteiger partial charge >= 0.3 is 11.9 Å². The van der Waals surface area contributed by atoms with Crippen molar-refractivity contribution in [3.8, 4) is 0 Å². The van der Waals surface area contributed by atoms with E-state index in [2.05, 4.69) is 5.43 Å². The number of hydrogen-bond donors (Lipinski definition) is 6. The van der Waals surface area contributed by atoms with Gasteiger partial charge in [-0.15, -0.1) is 0 Å². The molecule has 116 valence electrons. The van der Waals surface area contributed by atoms with Gasteiger partial charge in [0.2, 0.25) is 0 Å². The normalized spacial score (nSPS) is 26.4. The number of nitrogens with one attached hydrogen (secondary N) is 1. The lowest BCUT2D eigenvalue weighted by atomic mass is 10.1. The van der Waals surface area contributed by atoms with Crippen LogP contribution in [-0.4, -0.2) is 74.8 Å². The maximum Gasteiger partial charge on any atom is 0.322 e. The molecule has 0 bridgehead atoms. The third-order valence-electron chi connectivity index (χ3n) is 3.24. The number of hydrogen-bond acceptors (Lipinski definition) is 7. The van der Waals surface area contributed by atoms with Crippen molar-refractivity contribution in [1.29, 1.82) is 0 Å². The van der Waals surface area contributed by atoms with Gasteiger partial charge in [-0.2, -0.15) is 0 Å². The molecule has 7 N–H and O–H groups in total. The first-order chi connectivity index (χ1) is 9.35. The second kappa shape index (κ2) is 7.50. The van der Waals surface area contributed by atoms with Gasteiger partial charge in [-0.05, 0) is 12.8 Å². The number of carboxylic acids is 2. The second-order valence-corrected chi connectivity index (χ2v) is 4.88. The molecule has 1 rings (SSSR count). The molecule has 0 unspecified atom stereocenters. The predicted molar refractivity (Wildman–Crippen MR) is 67.6 cm³/mol. The summed E-state index contributed by atoms with van der Waals surface area (Å²) in [4.78, 5) is 22.2. The first kappa shape index (κ1) is 16.8. The van der Waals surface area contributed by atoms with Crippen LogP contribution in [0.2, 0.25) is 0 Å². The quantitative estimate of drug-likeness (QED) is 0.286. The maximum atomic E-state index is 11.1. The van der Waals surface area contributed by atoms with Crippen LogP contribution >= 0.6 is 0 Å². The lowest BCUT2D eigenvalue weighted by Gasteiger charge is -2.26. The molecule has 9 nitrogen and oxygen atoms in total. The Morgan fingerprint density at radius 1 is 1.35 bits per heavy atom. The molecule has 0 aromatic heterocycles. The lowest BCUT2D eigenvalue weighted by molar-refractivity contribution is -0.147. The number of aliphatic hydroxyl groups excluding tert-OH is 2. The Balaban J connectivity index is 2.60. The van der Waals surface area contributed by atoms with Crippen LogP contribution in [0, 0.1) is 0 Å². The van der Waals surface area contributed by atoms with Gasteiger partial charge in [0.25, 0.3) is 0 Å². The van der Waals surface area contributed by atoms with Crippen LogP contribution in [0.4, 0.5) is 0 Å². The Kier molecular flexibility index (Phi) is 6.30. The Morgan fingerprint density at radius 3 is 2.50 bits per heavy atom. The maximum absolute atomic E-state index is 11.1. The van der Waals surface area contributed by atoms with Crippen molar-refractivity contribution in [3.05, 3.63) is 0 Å². The molecule has 0 aliphatic carbocycles. The van der Waals surface area contributed by atoms with Gasteiger partial charge in [0.05, 0.1) is 12.2 Å². The molecule has 1 aliphatic rings. The van der Waals surface area contributed by atoms with Gasteiger partial charge in [-0.25, -0.2) is 10.4 Å². The number of rotatable bonds is 8. The van der Waals surface area contributed by atoms with Crippen molar-refractivity contribution in [2.45, 2.75) is 43.6 Å². The van der Waals surface area contributed by atoms with Crippen molar-refractivity contribution in [1.82, 2.24) is 10.4 Å². The third kappa shape index (κ3) is 4.69. The summed E-state index contributed by atoms with van der Waals surface area (Å²) in [5, 5.41) is 38.1. The predicted octanol–water partition coefficient (Wildman–Crippen LogP) is -2.44. The fourth-order valence-electron chi connectivity index (χ4n) is 2.11. The molecule has 20 heavy (non-hydrogen) atoms. The van der Waals surface area contributed by atoms with E-state index in [1.807, 2.05) is 0 Å². The summed E-state index contributed by atoms with van der Waals surface area (Å²) < 4.78 is 0. The third-order valence-corrected chi connectivity index (χ3v) is 3.24. The topological polar surface area (TPSA) is 156 Å². The summed E-state index contributed by atoms with van der Waals surface area (Å²) in [6.07, 6.45) is -1.27. The number of hydrazine groups is 1. The Morgan fingerprint density at radius 2 is 2.00 bits per heavy atom. The molecular weight excluding hydrogens is 270 g/mol. The fourth-order valence-corrected chi connectivity index (χ4v) is 2.11. The minimum atomic E-state index is -1.15. The molecule has 1 heterocycles. The minimum Gasteiger partial charge on any atom is -0.480 e. The van der Waals surface area contributed by atoms with E-state index in [9.17, 15) is 19.8 Å². The zero-order chi connectivity index (χ0) is 15.3. The standard InChI is InChI=1S/C11H21N3O6/c12-4-6(15)1-2-8(10(17)18)13-14-5-7(16)3-9(14)11(19)20/h6-9,13,15-16H,1-5,12H2,(H,17,18)(H,19,20)/t6-,7-,8+,9+/m1/s1. The second-order valence-electron chi connectivity index (χ2n) is 4.88. The largest absolute Gasteiger partial charge is 0.480 e. The Labute approximate surface area is 116 Å². The van der Waals surface area contributed by atoms with Crippen molar-refractivity contribution in [3.63, 3.8) is 0 Å². The van der Waals surface area contributed by atoms with Crippen molar-refractivity contribution >= 4 is 11.9 Å². The van der Waals surface area contributed by atoms with E-state index in [1.165, 1.54) is 5.01 Å². The molecule has 0 aromatic carbocycles. The lowest BCUT2D eigenvalue weighted by Crippen LogP contribution is -2.53. The molecule has 0 radical (unpaired) electrons. The van der Waals surface area contributed by atoms with E-state index < -0.39 is 36.2 Å². The summed E-state index contributed by atoms with van der Waals surface area (Å²) in [7, 11) is 0. The molecule has 0 saturated carbocycles. The van der Waals surface area contributed by atoms with Crippen LogP contribution in [-0.2, 0) is 9.59 Å². The summed E-state index contributed by atoms with van der Waals surface area (Å²) >= 11 is 0. The van der Waals surface area contributed by atoms with Gasteiger partial charge < -0.3 is 26.2 Å². The van der Waals surface area contributed by atoms with Crippen LogP contribution in [0.5, 0.6) is 0 Å². The van der Waals surface area contributed by atoms with E-state index in [0.29, 0.717) is 0 Å². The number of nitrogens with zero attached hydrogens (tertiary/aromatic N) is 1. The van der Waals surface area contributed by atoms with E-state index in [1.54, 1.807) is 0 Å². The monoisotopic (exact) mass is 291 g/mol. The highest BCUT2D eigenvalue weighted by molar-refractivity contribution is 5.75. The van der Waals surface area contributed by atoms with E-state index in [0.717, 1.165) is 0 Å². The Hall–Kier alpha value is -1.26. The molecule has 9 heteroatoms. The first-order valence-electron chi connectivity index (χ1n) is 6.39. The molecule has 1 fully saturated rings. The fraction of sp³-hybridized carbons (Fsp3) is 0.818. The highest BCUT2D eigenvalue weighted by atomic mass is 16.4. The van der Waals surface area contributed by atoms with Crippen LogP contribution < -0.4 is 11.2 Å². The number of nitrogens with two attached hydrogens (primary N) is 1. The number of carbonyl (C=O) groups is 2. The molecule has 0 aromatic rings. The van der Waals surface area contributed by atoms with Crippen molar-refractivity contribution < 1.29 is 30.0 Å². The molecule has 0 amide bonds. The van der Waals surface area contributed by atoms with E-state index in [-0.39, 0.29) is 32.4 Å². The van der Waals surface area contributed by atoms with Crippen molar-refractivity contribution in [2.24, 2.45) is 5.73 Å². The van der Waals surface area contributed by atoms with Crippen LogP contribution in [0.25, 0.3) is 0 Å². The molecule has 1 saturated heterocycles. The van der Waals surface area contributed by atoms with Crippen molar-refractivity contribution in [2.75, 3.05) is 13.1 Å². The summed E-state index contributed by atoms with van der Waals surface area (Å²) in [6, 6.07) is -2.00. The van der Waals surface area contributed by atoms with E-state index in [4.69, 9.17) is 15.9 Å². The van der Waals surface area contributed by atoms with Gasteiger partial charge in [-0.3, -0.25) is 9.59 Å². The van der Waals surface area contributed by atoms with Gasteiger partial charge in [-0.1, -0.05) is 0 Å². The van der Waals surface area contributed by atoms with Crippen LogP contribution in [0.15, 0.2) is 0 Å². The smallest absolute Gasteiger partial charge is 0.322 e. The highest BCUT2D eigenvalue weighted by Crippen LogP contribution is 2.17. The minimum absolute atomic E-state index is 0.0342. The zero-order valence-corrected chi connectivity index (χ0v) is 11.0. The number of aliphatic carboxylic acids is 2. The SMILES string of the molecule is NC[C@H](O)CC[C@H](NN1C[C@H](O)C[C@H]1C(=O)O)C(=O)O. The highest BCUT2D eigenvalue weighted by Gasteiger charge is 2.38. The average Bonchev–Trinajstić information content (AvgIpc) is 2.74. The van der Waals surface area contributed by atoms with Gasteiger partial charge in [0, 0.05) is 19.5 Å². The number of carboxylic acid groups (broad SMARTS) is 2. The van der Waals surface area contributed by atoms with Gasteiger partial charge in [0.15, 0.2) is 0 Å².